The van der Waals surface area contributed by atoms with E-state index in [9.17, 15) is 4.79 Å². The fraction of sp³-hybridized carbons (Fsp3) is 0.516. The number of anilines is 1. The normalized spacial score (nSPS) is 28.4. The molecule has 1 aliphatic heterocycles. The molecule has 1 saturated heterocycles. The second-order valence-corrected chi connectivity index (χ2v) is 12.0. The molecule has 34 heavy (non-hydrogen) atoms. The predicted octanol–water partition coefficient (Wildman–Crippen LogP) is 7.34. The highest BCUT2D eigenvalue weighted by molar-refractivity contribution is 5.86. The van der Waals surface area contributed by atoms with Crippen molar-refractivity contribution >= 4 is 11.7 Å². The number of carbonyl (C=O) groups excluding carboxylic acids is 1. The van der Waals surface area contributed by atoms with Crippen molar-refractivity contribution in [2.75, 3.05) is 11.5 Å². The Bertz CT molecular complexity index is 1090. The van der Waals surface area contributed by atoms with Crippen molar-refractivity contribution < 1.29 is 9.53 Å². The van der Waals surface area contributed by atoms with Crippen molar-refractivity contribution in [3.63, 3.8) is 0 Å². The zero-order valence-electron chi connectivity index (χ0n) is 22.6. The fourth-order valence-corrected chi connectivity index (χ4v) is 6.86. The number of esters is 1. The molecule has 1 heterocycles. The van der Waals surface area contributed by atoms with Crippen LogP contribution in [-0.2, 0) is 16.0 Å². The van der Waals surface area contributed by atoms with E-state index < -0.39 is 0 Å². The first kappa shape index (κ1) is 24.6. The van der Waals surface area contributed by atoms with Crippen LogP contribution in [0.1, 0.15) is 74.3 Å². The Morgan fingerprint density at radius 2 is 1.38 bits per heavy atom. The molecule has 3 nitrogen and oxygen atoms in total. The molecule has 2 atom stereocenters. The lowest BCUT2D eigenvalue weighted by Crippen LogP contribution is -2.76. The molecule has 3 heteroatoms. The Kier molecular flexibility index (Phi) is 5.59. The Balaban J connectivity index is 1.62. The number of carbonyl (C=O) groups is 1. The molecule has 182 valence electrons. The molecule has 0 radical (unpaired) electrons. The predicted molar refractivity (Wildman–Crippen MR) is 142 cm³/mol. The SMILES string of the molecule is C=C(C)C(=O)OCCCc1ccc(N2C3(C)C=C(C)C(C)(C)C4=C3C2(C)C=C(C)C4(C)C)cc1. The lowest BCUT2D eigenvalue weighted by molar-refractivity contribution is -0.139. The van der Waals surface area contributed by atoms with Gasteiger partial charge in [0, 0.05) is 22.1 Å². The van der Waals surface area contributed by atoms with Crippen molar-refractivity contribution in [1.82, 2.24) is 0 Å². The van der Waals surface area contributed by atoms with Gasteiger partial charge in [0.15, 0.2) is 0 Å². The standard InChI is InChI=1S/C31H41NO2/c1-20(2)27(33)34-17-11-12-23-13-15-24(16-14-23)32-30(9)18-21(3)28(5,6)25-26(30)31(32,10)19-22(4)29(25,7)8/h13-16,18-19H,1,11-12,17H2,2-10H3. The van der Waals surface area contributed by atoms with Crippen molar-refractivity contribution in [1.29, 1.82) is 0 Å². The number of allylic oxidation sites excluding steroid dienone is 3. The quantitative estimate of drug-likeness (QED) is 0.193. The molecule has 0 aromatic heterocycles. The summed E-state index contributed by atoms with van der Waals surface area (Å²) in [6.45, 7) is 24.7. The maximum absolute atomic E-state index is 11.6. The van der Waals surface area contributed by atoms with Crippen molar-refractivity contribution in [2.24, 2.45) is 10.8 Å². The van der Waals surface area contributed by atoms with E-state index in [-0.39, 0.29) is 27.9 Å². The summed E-state index contributed by atoms with van der Waals surface area (Å²) in [5.74, 6) is -0.309. The van der Waals surface area contributed by atoms with Crippen LogP contribution in [0, 0.1) is 10.8 Å². The van der Waals surface area contributed by atoms with Gasteiger partial charge in [0.2, 0.25) is 0 Å². The summed E-state index contributed by atoms with van der Waals surface area (Å²) in [7, 11) is 0. The van der Waals surface area contributed by atoms with Crippen molar-refractivity contribution in [3.8, 4) is 0 Å². The Morgan fingerprint density at radius 1 is 0.882 bits per heavy atom. The van der Waals surface area contributed by atoms with Crippen LogP contribution < -0.4 is 4.90 Å². The van der Waals surface area contributed by atoms with Gasteiger partial charge in [0.25, 0.3) is 0 Å². The van der Waals surface area contributed by atoms with E-state index in [4.69, 9.17) is 4.74 Å². The number of nitrogens with zero attached hydrogens (tertiary/aromatic N) is 1. The van der Waals surface area contributed by atoms with Gasteiger partial charge in [-0.2, -0.15) is 0 Å². The number of hydrogen-bond acceptors (Lipinski definition) is 3. The number of ether oxygens (including phenoxy) is 1. The van der Waals surface area contributed by atoms with E-state index in [1.807, 2.05) is 0 Å². The molecule has 3 aliphatic rings. The Hall–Kier alpha value is -2.55. The lowest BCUT2D eigenvalue weighted by atomic mass is 9.47. The summed E-state index contributed by atoms with van der Waals surface area (Å²) in [6, 6.07) is 8.96. The fourth-order valence-electron chi connectivity index (χ4n) is 6.86. The first-order valence-electron chi connectivity index (χ1n) is 12.6. The van der Waals surface area contributed by atoms with E-state index in [1.165, 1.54) is 22.4 Å². The number of hydrogen-bond donors (Lipinski definition) is 0. The van der Waals surface area contributed by atoms with Crippen LogP contribution in [0.3, 0.4) is 0 Å². The largest absolute Gasteiger partial charge is 0.462 e. The molecule has 1 aromatic carbocycles. The molecule has 0 bridgehead atoms. The molecule has 0 spiro atoms. The van der Waals surface area contributed by atoms with Gasteiger partial charge >= 0.3 is 5.97 Å². The average Bonchev–Trinajstić information content (AvgIpc) is 2.73. The monoisotopic (exact) mass is 459 g/mol. The third kappa shape index (κ3) is 3.34. The van der Waals surface area contributed by atoms with Gasteiger partial charge in [-0.3, -0.25) is 0 Å². The van der Waals surface area contributed by atoms with Crippen LogP contribution in [0.5, 0.6) is 0 Å². The van der Waals surface area contributed by atoms with E-state index in [0.717, 1.165) is 12.8 Å². The maximum Gasteiger partial charge on any atom is 0.333 e. The van der Waals surface area contributed by atoms with Crippen LogP contribution >= 0.6 is 0 Å². The van der Waals surface area contributed by atoms with Crippen molar-refractivity contribution in [3.05, 3.63) is 76.4 Å². The van der Waals surface area contributed by atoms with Gasteiger partial charge in [-0.1, -0.05) is 69.7 Å². The topological polar surface area (TPSA) is 29.5 Å². The molecule has 1 aromatic rings. The highest BCUT2D eigenvalue weighted by Gasteiger charge is 2.66. The summed E-state index contributed by atoms with van der Waals surface area (Å²) >= 11 is 0. The number of rotatable bonds is 6. The summed E-state index contributed by atoms with van der Waals surface area (Å²) in [6.07, 6.45) is 6.69. The third-order valence-corrected chi connectivity index (χ3v) is 8.79. The number of aryl methyl sites for hydroxylation is 1. The van der Waals surface area contributed by atoms with Gasteiger partial charge < -0.3 is 9.64 Å². The van der Waals surface area contributed by atoms with Crippen LogP contribution in [0.2, 0.25) is 0 Å². The minimum atomic E-state index is -0.309. The second-order valence-electron chi connectivity index (χ2n) is 12.0. The molecule has 1 fully saturated rings. The lowest BCUT2D eigenvalue weighted by Gasteiger charge is -2.71. The third-order valence-electron chi connectivity index (χ3n) is 8.79. The molecule has 0 N–H and O–H groups in total. The van der Waals surface area contributed by atoms with Crippen LogP contribution in [-0.4, -0.2) is 23.7 Å². The minimum absolute atomic E-state index is 0.0542. The minimum Gasteiger partial charge on any atom is -0.462 e. The Labute approximate surface area is 206 Å². The molecule has 0 saturated carbocycles. The van der Waals surface area contributed by atoms with Gasteiger partial charge in [-0.05, 0) is 76.3 Å². The first-order valence-corrected chi connectivity index (χ1v) is 12.6. The molecular formula is C31H41NO2. The molecule has 2 unspecified atom stereocenters. The summed E-state index contributed by atoms with van der Waals surface area (Å²) in [4.78, 5) is 14.2. The summed E-state index contributed by atoms with van der Waals surface area (Å²) in [5, 5.41) is 0. The van der Waals surface area contributed by atoms with Gasteiger partial charge in [-0.15, -0.1) is 0 Å². The van der Waals surface area contributed by atoms with E-state index in [1.54, 1.807) is 18.1 Å². The Morgan fingerprint density at radius 3 is 1.85 bits per heavy atom. The number of benzene rings is 1. The van der Waals surface area contributed by atoms with Gasteiger partial charge in [-0.25, -0.2) is 4.79 Å². The molecule has 4 rings (SSSR count). The zero-order chi connectivity index (χ0) is 25.3. The highest BCUT2D eigenvalue weighted by Crippen LogP contribution is 2.67. The van der Waals surface area contributed by atoms with E-state index in [0.29, 0.717) is 12.2 Å². The summed E-state index contributed by atoms with van der Waals surface area (Å²) < 4.78 is 5.23. The molecule has 2 aliphatic carbocycles. The van der Waals surface area contributed by atoms with E-state index >= 15 is 0 Å². The average molecular weight is 460 g/mol. The van der Waals surface area contributed by atoms with Gasteiger partial charge in [0.1, 0.15) is 0 Å². The second kappa shape index (κ2) is 7.73. The maximum atomic E-state index is 11.6. The van der Waals surface area contributed by atoms with Crippen LogP contribution in [0.4, 0.5) is 5.69 Å². The van der Waals surface area contributed by atoms with Crippen molar-refractivity contribution in [2.45, 2.75) is 86.2 Å². The van der Waals surface area contributed by atoms with Crippen LogP contribution in [0.15, 0.2) is 70.9 Å². The zero-order valence-corrected chi connectivity index (χ0v) is 22.6. The smallest absolute Gasteiger partial charge is 0.333 e. The van der Waals surface area contributed by atoms with Gasteiger partial charge in [0.05, 0.1) is 17.7 Å². The van der Waals surface area contributed by atoms with Crippen LogP contribution in [0.25, 0.3) is 0 Å². The van der Waals surface area contributed by atoms with E-state index in [2.05, 4.69) is 103 Å². The highest BCUT2D eigenvalue weighted by atomic mass is 16.5. The molecule has 0 amide bonds. The molecular weight excluding hydrogens is 418 g/mol. The first-order chi connectivity index (χ1) is 15.7. The summed E-state index contributed by atoms with van der Waals surface area (Å²) in [5.41, 5.74) is 8.91.